The normalized spacial score (nSPS) is 12.9. The van der Waals surface area contributed by atoms with Crippen molar-refractivity contribution in [1.29, 1.82) is 0 Å². The van der Waals surface area contributed by atoms with E-state index >= 15 is 0 Å². The lowest BCUT2D eigenvalue weighted by molar-refractivity contribution is -0.128. The van der Waals surface area contributed by atoms with Gasteiger partial charge in [-0.15, -0.1) is 0 Å². The summed E-state index contributed by atoms with van der Waals surface area (Å²) in [5, 5.41) is 0. The monoisotopic (exact) mass is 173 g/mol. The van der Waals surface area contributed by atoms with Crippen LogP contribution in [-0.2, 0) is 14.4 Å². The maximum absolute atomic E-state index is 10.2. The van der Waals surface area contributed by atoms with Crippen LogP contribution in [0.3, 0.4) is 0 Å². The maximum atomic E-state index is 10.2. The topological polar surface area (TPSA) is 55.4 Å². The van der Waals surface area contributed by atoms with Crippen molar-refractivity contribution in [1.82, 2.24) is 5.48 Å². The zero-order chi connectivity index (χ0) is 9.40. The van der Waals surface area contributed by atoms with Crippen LogP contribution in [0.15, 0.2) is 0 Å². The molecule has 0 aliphatic carbocycles. The van der Waals surface area contributed by atoms with Crippen molar-refractivity contribution in [2.24, 2.45) is 5.92 Å². The summed E-state index contributed by atoms with van der Waals surface area (Å²) in [5.41, 5.74) is 2.63. The number of carbonyl (C=O) groups excluding carboxylic acids is 2. The Morgan fingerprint density at radius 1 is 1.42 bits per heavy atom. The molecule has 0 aromatic rings. The van der Waals surface area contributed by atoms with E-state index in [1.807, 2.05) is 13.8 Å². The van der Waals surface area contributed by atoms with Crippen molar-refractivity contribution in [3.05, 3.63) is 0 Å². The predicted molar refractivity (Wildman–Crippen MR) is 44.5 cm³/mol. The molecule has 0 saturated heterocycles. The summed E-state index contributed by atoms with van der Waals surface area (Å²) >= 11 is 0. The van der Waals surface area contributed by atoms with Crippen LogP contribution in [0.5, 0.6) is 0 Å². The molecule has 0 rings (SSSR count). The Bertz CT molecular complexity index is 136. The summed E-state index contributed by atoms with van der Waals surface area (Å²) in [7, 11) is 0. The Kier molecular flexibility index (Phi) is 6.51. The molecule has 0 aromatic heterocycles. The van der Waals surface area contributed by atoms with Gasteiger partial charge < -0.3 is 9.59 Å². The Labute approximate surface area is 72.2 Å². The van der Waals surface area contributed by atoms with Crippen LogP contribution in [0.4, 0.5) is 0 Å². The van der Waals surface area contributed by atoms with E-state index in [9.17, 15) is 9.59 Å². The third-order valence-corrected chi connectivity index (χ3v) is 1.21. The molecule has 1 N–H and O–H groups in total. The molecule has 70 valence electrons. The largest absolute Gasteiger partial charge is 0.303 e. The highest BCUT2D eigenvalue weighted by Gasteiger charge is 2.06. The van der Waals surface area contributed by atoms with Gasteiger partial charge in [-0.1, -0.05) is 13.8 Å². The zero-order valence-corrected chi connectivity index (χ0v) is 7.45. The molecule has 4 heteroatoms. The van der Waals surface area contributed by atoms with E-state index in [0.717, 1.165) is 0 Å². The standard InChI is InChI=1S/C8H15NO3/c1-7(2)5-9-12-8(6-11)3-4-10/h4,6-9H,3,5H2,1-2H3. The van der Waals surface area contributed by atoms with Gasteiger partial charge in [0.2, 0.25) is 0 Å². The molecule has 0 aliphatic heterocycles. The van der Waals surface area contributed by atoms with E-state index < -0.39 is 6.10 Å². The molecule has 0 saturated carbocycles. The van der Waals surface area contributed by atoms with Crippen LogP contribution < -0.4 is 5.48 Å². The number of nitrogens with one attached hydrogen (secondary N) is 1. The van der Waals surface area contributed by atoms with Crippen molar-refractivity contribution < 1.29 is 14.4 Å². The van der Waals surface area contributed by atoms with Crippen molar-refractivity contribution in [2.75, 3.05) is 6.54 Å². The minimum Gasteiger partial charge on any atom is -0.303 e. The first-order valence-corrected chi connectivity index (χ1v) is 3.98. The highest BCUT2D eigenvalue weighted by atomic mass is 16.7. The minimum absolute atomic E-state index is 0.106. The van der Waals surface area contributed by atoms with E-state index in [1.54, 1.807) is 0 Å². The molecular weight excluding hydrogens is 158 g/mol. The van der Waals surface area contributed by atoms with Gasteiger partial charge in [-0.3, -0.25) is 4.84 Å². The van der Waals surface area contributed by atoms with Gasteiger partial charge in [0, 0.05) is 13.0 Å². The van der Waals surface area contributed by atoms with Crippen LogP contribution in [0, 0.1) is 5.92 Å². The summed E-state index contributed by atoms with van der Waals surface area (Å²) < 4.78 is 0. The molecule has 0 bridgehead atoms. The molecule has 0 aliphatic rings. The molecule has 1 unspecified atom stereocenters. The average molecular weight is 173 g/mol. The first-order valence-electron chi connectivity index (χ1n) is 3.98. The minimum atomic E-state index is -0.652. The van der Waals surface area contributed by atoms with Gasteiger partial charge in [0.15, 0.2) is 6.29 Å². The molecule has 0 amide bonds. The fourth-order valence-corrected chi connectivity index (χ4v) is 0.548. The third-order valence-electron chi connectivity index (χ3n) is 1.21. The van der Waals surface area contributed by atoms with Crippen LogP contribution in [-0.4, -0.2) is 25.2 Å². The van der Waals surface area contributed by atoms with Gasteiger partial charge >= 0.3 is 0 Å². The second kappa shape index (κ2) is 6.94. The lowest BCUT2D eigenvalue weighted by atomic mass is 10.2. The highest BCUT2D eigenvalue weighted by molar-refractivity contribution is 5.63. The molecular formula is C8H15NO3. The number of carbonyl (C=O) groups is 2. The Morgan fingerprint density at radius 3 is 2.50 bits per heavy atom. The van der Waals surface area contributed by atoms with Crippen molar-refractivity contribution in [2.45, 2.75) is 26.4 Å². The predicted octanol–water partition coefficient (Wildman–Crippen LogP) is 0.320. The Hall–Kier alpha value is -0.740. The van der Waals surface area contributed by atoms with Gasteiger partial charge in [0.1, 0.15) is 12.4 Å². The first-order chi connectivity index (χ1) is 5.70. The molecule has 0 fully saturated rings. The SMILES string of the molecule is CC(C)CNOC(C=O)CC=O. The van der Waals surface area contributed by atoms with Gasteiger partial charge in [-0.25, -0.2) is 5.48 Å². The summed E-state index contributed by atoms with van der Waals surface area (Å²) in [4.78, 5) is 25.1. The van der Waals surface area contributed by atoms with E-state index in [2.05, 4.69) is 5.48 Å². The van der Waals surface area contributed by atoms with Crippen LogP contribution in [0.2, 0.25) is 0 Å². The zero-order valence-electron chi connectivity index (χ0n) is 7.45. The number of hydroxylamine groups is 1. The maximum Gasteiger partial charge on any atom is 0.151 e. The number of hydrogen-bond donors (Lipinski definition) is 1. The molecule has 0 radical (unpaired) electrons. The number of aldehydes is 2. The van der Waals surface area contributed by atoms with E-state index in [1.165, 1.54) is 0 Å². The fourth-order valence-electron chi connectivity index (χ4n) is 0.548. The fraction of sp³-hybridized carbons (Fsp3) is 0.750. The van der Waals surface area contributed by atoms with E-state index in [0.29, 0.717) is 25.0 Å². The van der Waals surface area contributed by atoms with E-state index in [4.69, 9.17) is 4.84 Å². The van der Waals surface area contributed by atoms with Crippen LogP contribution in [0.25, 0.3) is 0 Å². The van der Waals surface area contributed by atoms with Crippen LogP contribution >= 0.6 is 0 Å². The third kappa shape index (κ3) is 6.00. The Morgan fingerprint density at radius 2 is 2.08 bits per heavy atom. The molecule has 0 aromatic carbocycles. The summed E-state index contributed by atoms with van der Waals surface area (Å²) in [6.07, 6.45) is 0.730. The highest BCUT2D eigenvalue weighted by Crippen LogP contribution is 1.91. The molecule has 1 atom stereocenters. The van der Waals surface area contributed by atoms with Gasteiger partial charge in [0.05, 0.1) is 0 Å². The lowest BCUT2D eigenvalue weighted by Crippen LogP contribution is -2.28. The van der Waals surface area contributed by atoms with Crippen LogP contribution in [0.1, 0.15) is 20.3 Å². The Balaban J connectivity index is 3.44. The van der Waals surface area contributed by atoms with Crippen molar-refractivity contribution >= 4 is 12.6 Å². The molecule has 0 heterocycles. The second-order valence-electron chi connectivity index (χ2n) is 2.94. The molecule has 4 nitrogen and oxygen atoms in total. The molecule has 0 spiro atoms. The average Bonchev–Trinajstić information content (AvgIpc) is 2.02. The summed E-state index contributed by atoms with van der Waals surface area (Å²) in [6, 6.07) is 0. The van der Waals surface area contributed by atoms with Gasteiger partial charge in [-0.05, 0) is 5.92 Å². The summed E-state index contributed by atoms with van der Waals surface area (Å²) in [6.45, 7) is 4.71. The quantitative estimate of drug-likeness (QED) is 0.445. The van der Waals surface area contributed by atoms with Crippen molar-refractivity contribution in [3.63, 3.8) is 0 Å². The smallest absolute Gasteiger partial charge is 0.151 e. The van der Waals surface area contributed by atoms with Crippen molar-refractivity contribution in [3.8, 4) is 0 Å². The van der Waals surface area contributed by atoms with Gasteiger partial charge in [0.25, 0.3) is 0 Å². The first kappa shape index (κ1) is 11.3. The van der Waals surface area contributed by atoms with Gasteiger partial charge in [-0.2, -0.15) is 0 Å². The van der Waals surface area contributed by atoms with E-state index in [-0.39, 0.29) is 6.42 Å². The lowest BCUT2D eigenvalue weighted by Gasteiger charge is -2.10. The molecule has 12 heavy (non-hydrogen) atoms. The number of rotatable bonds is 7. The number of hydrogen-bond acceptors (Lipinski definition) is 4. The summed E-state index contributed by atoms with van der Waals surface area (Å²) in [5.74, 6) is 0.452. The second-order valence-corrected chi connectivity index (χ2v) is 2.94.